The minimum Gasteiger partial charge on any atom is -0.366 e. The molecular formula is C19H19F2N3O3S. The van der Waals surface area contributed by atoms with Crippen LogP contribution in [0.3, 0.4) is 0 Å². The molecule has 148 valence electrons. The average molecular weight is 407 g/mol. The van der Waals surface area contributed by atoms with Gasteiger partial charge in [-0.15, -0.1) is 0 Å². The van der Waals surface area contributed by atoms with Crippen LogP contribution in [-0.4, -0.2) is 29.7 Å². The van der Waals surface area contributed by atoms with Gasteiger partial charge in [0.25, 0.3) is 11.4 Å². The van der Waals surface area contributed by atoms with Gasteiger partial charge in [-0.05, 0) is 43.2 Å². The number of nitrogens with one attached hydrogen (secondary N) is 1. The van der Waals surface area contributed by atoms with Gasteiger partial charge in [0.05, 0.1) is 4.92 Å². The quantitative estimate of drug-likeness (QED) is 0.424. The Labute approximate surface area is 165 Å². The van der Waals surface area contributed by atoms with Crippen molar-refractivity contribution < 1.29 is 18.5 Å². The topological polar surface area (TPSA) is 75.5 Å². The maximum absolute atomic E-state index is 12.5. The van der Waals surface area contributed by atoms with Crippen LogP contribution < -0.4 is 10.2 Å². The summed E-state index contributed by atoms with van der Waals surface area (Å²) in [5, 5.41) is 14.0. The summed E-state index contributed by atoms with van der Waals surface area (Å²) in [5.41, 5.74) is 1.19. The van der Waals surface area contributed by atoms with Gasteiger partial charge in [0.15, 0.2) is 0 Å². The van der Waals surface area contributed by atoms with Gasteiger partial charge in [-0.1, -0.05) is 23.9 Å². The second kappa shape index (κ2) is 9.01. The van der Waals surface area contributed by atoms with E-state index in [-0.39, 0.29) is 17.5 Å². The number of benzene rings is 2. The molecule has 1 saturated heterocycles. The number of thioether (sulfide) groups is 1. The van der Waals surface area contributed by atoms with Crippen LogP contribution in [0.25, 0.3) is 0 Å². The van der Waals surface area contributed by atoms with Gasteiger partial charge in [-0.3, -0.25) is 14.9 Å². The van der Waals surface area contributed by atoms with E-state index in [9.17, 15) is 23.7 Å². The van der Waals surface area contributed by atoms with E-state index in [1.165, 1.54) is 6.07 Å². The fourth-order valence-corrected chi connectivity index (χ4v) is 3.73. The molecule has 1 aliphatic rings. The number of hydrogen-bond acceptors (Lipinski definition) is 5. The first-order valence-corrected chi connectivity index (χ1v) is 9.66. The van der Waals surface area contributed by atoms with E-state index < -0.39 is 10.7 Å². The second-order valence-corrected chi connectivity index (χ2v) is 7.46. The molecule has 0 saturated carbocycles. The van der Waals surface area contributed by atoms with Gasteiger partial charge in [-0.2, -0.15) is 8.78 Å². The fourth-order valence-electron chi connectivity index (χ4n) is 3.23. The molecule has 3 rings (SSSR count). The van der Waals surface area contributed by atoms with Crippen molar-refractivity contribution in [1.82, 2.24) is 0 Å². The fraction of sp³-hybridized carbons (Fsp3) is 0.316. The van der Waals surface area contributed by atoms with Crippen molar-refractivity contribution in [3.63, 3.8) is 0 Å². The van der Waals surface area contributed by atoms with E-state index in [2.05, 4.69) is 5.32 Å². The van der Waals surface area contributed by atoms with Gasteiger partial charge in [0, 0.05) is 35.7 Å². The van der Waals surface area contributed by atoms with Gasteiger partial charge >= 0.3 is 0 Å². The minimum absolute atomic E-state index is 0.0622. The molecule has 0 bridgehead atoms. The number of carbonyl (C=O) groups excluding carboxylic acids is 1. The summed E-state index contributed by atoms with van der Waals surface area (Å²) in [6, 6.07) is 12.9. The highest BCUT2D eigenvalue weighted by Gasteiger charge is 2.28. The van der Waals surface area contributed by atoms with Crippen LogP contribution in [0, 0.1) is 16.0 Å². The molecule has 0 unspecified atom stereocenters. The summed E-state index contributed by atoms with van der Waals surface area (Å²) < 4.78 is 24.7. The molecule has 9 heteroatoms. The number of amides is 1. The van der Waals surface area contributed by atoms with Crippen molar-refractivity contribution in [3.8, 4) is 0 Å². The number of para-hydroxylation sites is 2. The normalized spacial score (nSPS) is 14.9. The van der Waals surface area contributed by atoms with E-state index in [0.717, 1.165) is 0 Å². The Balaban J connectivity index is 1.56. The Morgan fingerprint density at radius 1 is 1.14 bits per heavy atom. The summed E-state index contributed by atoms with van der Waals surface area (Å²) in [6.45, 7) is 1.10. The van der Waals surface area contributed by atoms with E-state index in [0.29, 0.717) is 54.0 Å². The van der Waals surface area contributed by atoms with E-state index in [4.69, 9.17) is 0 Å². The van der Waals surface area contributed by atoms with Crippen LogP contribution in [0.5, 0.6) is 0 Å². The number of piperidine rings is 1. The van der Waals surface area contributed by atoms with Crippen LogP contribution in [0.15, 0.2) is 53.4 Å². The highest BCUT2D eigenvalue weighted by atomic mass is 32.2. The zero-order chi connectivity index (χ0) is 20.1. The molecule has 28 heavy (non-hydrogen) atoms. The number of nitro benzene ring substituents is 1. The average Bonchev–Trinajstić information content (AvgIpc) is 2.69. The molecule has 1 fully saturated rings. The van der Waals surface area contributed by atoms with Crippen molar-refractivity contribution in [2.24, 2.45) is 5.92 Å². The molecule has 2 aromatic carbocycles. The number of rotatable bonds is 6. The van der Waals surface area contributed by atoms with Crippen LogP contribution >= 0.6 is 11.8 Å². The Kier molecular flexibility index (Phi) is 6.45. The lowest BCUT2D eigenvalue weighted by molar-refractivity contribution is -0.384. The lowest BCUT2D eigenvalue weighted by Gasteiger charge is -2.32. The van der Waals surface area contributed by atoms with Crippen molar-refractivity contribution >= 4 is 34.7 Å². The van der Waals surface area contributed by atoms with Gasteiger partial charge in [-0.25, -0.2) is 0 Å². The van der Waals surface area contributed by atoms with Crippen molar-refractivity contribution in [3.05, 3.63) is 58.6 Å². The third-order valence-corrected chi connectivity index (χ3v) is 5.35. The highest BCUT2D eigenvalue weighted by Crippen LogP contribution is 2.31. The predicted molar refractivity (Wildman–Crippen MR) is 105 cm³/mol. The molecule has 1 aliphatic heterocycles. The number of carbonyl (C=O) groups is 1. The molecule has 0 radical (unpaired) electrons. The Morgan fingerprint density at radius 3 is 2.39 bits per heavy atom. The number of nitrogens with zero attached hydrogens (tertiary/aromatic N) is 2. The van der Waals surface area contributed by atoms with E-state index in [1.54, 1.807) is 42.5 Å². The Bertz CT molecular complexity index is 841. The molecule has 6 nitrogen and oxygen atoms in total. The van der Waals surface area contributed by atoms with E-state index >= 15 is 0 Å². The van der Waals surface area contributed by atoms with Crippen LogP contribution in [0.1, 0.15) is 12.8 Å². The number of alkyl halides is 2. The van der Waals surface area contributed by atoms with Gasteiger partial charge < -0.3 is 10.2 Å². The lowest BCUT2D eigenvalue weighted by atomic mass is 9.95. The molecule has 0 spiro atoms. The molecule has 1 amide bonds. The Morgan fingerprint density at radius 2 is 1.79 bits per heavy atom. The highest BCUT2D eigenvalue weighted by molar-refractivity contribution is 7.99. The number of nitro groups is 1. The van der Waals surface area contributed by atoms with Crippen molar-refractivity contribution in [1.29, 1.82) is 0 Å². The minimum atomic E-state index is -2.48. The maximum Gasteiger partial charge on any atom is 0.292 e. The zero-order valence-corrected chi connectivity index (χ0v) is 15.7. The van der Waals surface area contributed by atoms with Crippen LogP contribution in [0.4, 0.5) is 25.8 Å². The Hall–Kier alpha value is -2.68. The largest absolute Gasteiger partial charge is 0.366 e. The summed E-state index contributed by atoms with van der Waals surface area (Å²) >= 11 is 0.456. The van der Waals surface area contributed by atoms with Crippen LogP contribution in [0.2, 0.25) is 0 Å². The summed E-state index contributed by atoms with van der Waals surface area (Å²) in [6.07, 6.45) is 1.16. The smallest absolute Gasteiger partial charge is 0.292 e. The molecule has 1 heterocycles. The second-order valence-electron chi connectivity index (χ2n) is 6.40. The summed E-state index contributed by atoms with van der Waals surface area (Å²) in [4.78, 5) is 25.6. The number of anilines is 2. The van der Waals surface area contributed by atoms with Crippen molar-refractivity contribution in [2.75, 3.05) is 23.3 Å². The first kappa shape index (κ1) is 20.1. The van der Waals surface area contributed by atoms with E-state index in [1.807, 2.05) is 4.90 Å². The van der Waals surface area contributed by atoms with Gasteiger partial charge in [0.2, 0.25) is 5.91 Å². The monoisotopic (exact) mass is 407 g/mol. The zero-order valence-electron chi connectivity index (χ0n) is 14.9. The third-order valence-electron chi connectivity index (χ3n) is 4.63. The number of halogens is 2. The molecule has 0 atom stereocenters. The summed E-state index contributed by atoms with van der Waals surface area (Å²) in [5.74, 6) is -2.81. The van der Waals surface area contributed by atoms with Crippen LogP contribution in [-0.2, 0) is 4.79 Å². The molecule has 0 aromatic heterocycles. The van der Waals surface area contributed by atoms with Crippen molar-refractivity contribution in [2.45, 2.75) is 23.5 Å². The molecule has 0 aliphatic carbocycles. The number of hydrogen-bond donors (Lipinski definition) is 1. The SMILES string of the molecule is O=C(Nc1ccc(SC(F)F)cc1)C1CCN(c2ccccc2[N+](=O)[O-])CC1. The molecule has 1 N–H and O–H groups in total. The first-order chi connectivity index (χ1) is 13.4. The molecular weight excluding hydrogens is 388 g/mol. The standard InChI is InChI=1S/C19H19F2N3O3S/c20-19(21)28-15-7-5-14(6-8-15)22-18(25)13-9-11-23(12-10-13)16-3-1-2-4-17(16)24(26)27/h1-8,13,19H,9-12H2,(H,22,25). The summed E-state index contributed by atoms with van der Waals surface area (Å²) in [7, 11) is 0. The lowest BCUT2D eigenvalue weighted by Crippen LogP contribution is -2.38. The molecule has 2 aromatic rings. The predicted octanol–water partition coefficient (Wildman–Crippen LogP) is 4.76. The maximum atomic E-state index is 12.5. The first-order valence-electron chi connectivity index (χ1n) is 8.78. The third kappa shape index (κ3) is 4.98. The van der Waals surface area contributed by atoms with Gasteiger partial charge in [0.1, 0.15) is 5.69 Å².